The minimum Gasteiger partial charge on any atom is -0.364 e. The molecule has 2 rings (SSSR count). The molecule has 16 heavy (non-hydrogen) atoms. The zero-order valence-electron chi connectivity index (χ0n) is 9.50. The summed E-state index contributed by atoms with van der Waals surface area (Å²) in [5.74, 6) is -1.65. The van der Waals surface area contributed by atoms with E-state index in [0.717, 1.165) is 32.7 Å². The summed E-state index contributed by atoms with van der Waals surface area (Å²) < 4.78 is 0. The van der Waals surface area contributed by atoms with E-state index in [-0.39, 0.29) is 12.1 Å². The molecule has 0 aliphatic carbocycles. The predicted molar refractivity (Wildman–Crippen MR) is 61.1 cm³/mol. The van der Waals surface area contributed by atoms with Crippen molar-refractivity contribution in [1.29, 1.82) is 0 Å². The average molecular weight is 230 g/mol. The monoisotopic (exact) mass is 230 g/mol. The Balaban J connectivity index is 1.84. The van der Waals surface area contributed by atoms with E-state index >= 15 is 0 Å². The summed E-state index contributed by atoms with van der Waals surface area (Å²) in [6.07, 6.45) is 0.347. The highest BCUT2D eigenvalue weighted by Gasteiger charge is 2.37. The lowest BCUT2D eigenvalue weighted by atomic mass is 9.96. The normalized spacial score (nSPS) is 32.6. The molecular weight excluding hydrogens is 208 g/mol. The average Bonchev–Trinajstić information content (AvgIpc) is 2.31. The standard InChI is InChI=1S/C10H22N4O2/c15-10(16,9-7-12-2-4-14-9)5-8-6-11-1-3-13-8/h8-9,11-16H,1-7H2. The van der Waals surface area contributed by atoms with Crippen LogP contribution < -0.4 is 21.3 Å². The van der Waals surface area contributed by atoms with Crippen LogP contribution in [-0.4, -0.2) is 67.4 Å². The molecule has 2 aliphatic rings. The van der Waals surface area contributed by atoms with E-state index in [9.17, 15) is 10.2 Å². The van der Waals surface area contributed by atoms with Gasteiger partial charge in [-0.3, -0.25) is 0 Å². The quantitative estimate of drug-likeness (QED) is 0.293. The number of rotatable bonds is 3. The third-order valence-corrected chi connectivity index (χ3v) is 3.27. The second kappa shape index (κ2) is 5.39. The van der Waals surface area contributed by atoms with Crippen molar-refractivity contribution in [2.24, 2.45) is 0 Å². The summed E-state index contributed by atoms with van der Waals surface area (Å²) in [5.41, 5.74) is 0. The van der Waals surface area contributed by atoms with Gasteiger partial charge in [0.25, 0.3) is 0 Å². The van der Waals surface area contributed by atoms with Gasteiger partial charge in [-0.1, -0.05) is 0 Å². The van der Waals surface area contributed by atoms with Crippen molar-refractivity contribution in [3.63, 3.8) is 0 Å². The van der Waals surface area contributed by atoms with Crippen LogP contribution in [0.2, 0.25) is 0 Å². The molecule has 0 aromatic carbocycles. The maximum atomic E-state index is 10.1. The molecule has 2 atom stereocenters. The summed E-state index contributed by atoms with van der Waals surface area (Å²) in [6.45, 7) is 4.90. The first kappa shape index (κ1) is 12.2. The highest BCUT2D eigenvalue weighted by atomic mass is 16.5. The van der Waals surface area contributed by atoms with Crippen LogP contribution in [-0.2, 0) is 0 Å². The van der Waals surface area contributed by atoms with Crippen molar-refractivity contribution >= 4 is 0 Å². The number of aliphatic hydroxyl groups is 2. The van der Waals surface area contributed by atoms with Gasteiger partial charge in [0.1, 0.15) is 0 Å². The first-order chi connectivity index (χ1) is 7.68. The first-order valence-corrected chi connectivity index (χ1v) is 6.01. The summed E-state index contributed by atoms with van der Waals surface area (Å²) in [6, 6.07) is -0.155. The van der Waals surface area contributed by atoms with E-state index in [1.54, 1.807) is 0 Å². The number of hydrogen-bond donors (Lipinski definition) is 6. The van der Waals surface area contributed by atoms with Crippen molar-refractivity contribution in [3.8, 4) is 0 Å². The van der Waals surface area contributed by atoms with Crippen molar-refractivity contribution in [3.05, 3.63) is 0 Å². The van der Waals surface area contributed by atoms with Gasteiger partial charge in [-0.25, -0.2) is 0 Å². The number of hydrogen-bond acceptors (Lipinski definition) is 6. The highest BCUT2D eigenvalue weighted by molar-refractivity contribution is 4.91. The molecule has 0 saturated carbocycles. The summed E-state index contributed by atoms with van der Waals surface area (Å²) in [5, 5.41) is 33.0. The smallest absolute Gasteiger partial charge is 0.181 e. The van der Waals surface area contributed by atoms with Crippen molar-refractivity contribution in [2.45, 2.75) is 24.3 Å². The van der Waals surface area contributed by atoms with Gasteiger partial charge >= 0.3 is 0 Å². The largest absolute Gasteiger partial charge is 0.364 e. The van der Waals surface area contributed by atoms with Crippen LogP contribution in [0.25, 0.3) is 0 Å². The van der Waals surface area contributed by atoms with Gasteiger partial charge in [0.15, 0.2) is 5.79 Å². The van der Waals surface area contributed by atoms with Gasteiger partial charge in [0.2, 0.25) is 0 Å². The Labute approximate surface area is 95.8 Å². The Kier molecular flexibility index (Phi) is 4.12. The van der Waals surface area contributed by atoms with Crippen LogP contribution in [0.15, 0.2) is 0 Å². The first-order valence-electron chi connectivity index (χ1n) is 6.01. The van der Waals surface area contributed by atoms with E-state index < -0.39 is 5.79 Å². The molecule has 94 valence electrons. The van der Waals surface area contributed by atoms with Gasteiger partial charge in [-0.05, 0) is 0 Å². The molecular formula is C10H22N4O2. The number of piperazine rings is 2. The summed E-state index contributed by atoms with van der Waals surface area (Å²) in [4.78, 5) is 0. The van der Waals surface area contributed by atoms with Gasteiger partial charge < -0.3 is 31.5 Å². The van der Waals surface area contributed by atoms with Crippen molar-refractivity contribution < 1.29 is 10.2 Å². The lowest BCUT2D eigenvalue weighted by molar-refractivity contribution is -0.193. The summed E-state index contributed by atoms with van der Waals surface area (Å²) in [7, 11) is 0. The Morgan fingerprint density at radius 3 is 2.19 bits per heavy atom. The topological polar surface area (TPSA) is 88.6 Å². The van der Waals surface area contributed by atoms with E-state index in [4.69, 9.17) is 0 Å². The van der Waals surface area contributed by atoms with Crippen LogP contribution in [0.5, 0.6) is 0 Å². The fraction of sp³-hybridized carbons (Fsp3) is 1.00. The molecule has 2 heterocycles. The molecule has 0 radical (unpaired) electrons. The molecule has 0 bridgehead atoms. The van der Waals surface area contributed by atoms with Crippen molar-refractivity contribution in [2.75, 3.05) is 39.3 Å². The molecule has 6 nitrogen and oxygen atoms in total. The number of nitrogens with one attached hydrogen (secondary N) is 4. The van der Waals surface area contributed by atoms with E-state index in [1.165, 1.54) is 0 Å². The lowest BCUT2D eigenvalue weighted by Crippen LogP contribution is -2.63. The lowest BCUT2D eigenvalue weighted by Gasteiger charge is -2.38. The van der Waals surface area contributed by atoms with Crippen LogP contribution in [0.1, 0.15) is 6.42 Å². The Morgan fingerprint density at radius 2 is 1.62 bits per heavy atom. The molecule has 2 aliphatic heterocycles. The Hall–Kier alpha value is -0.240. The molecule has 6 heteroatoms. The zero-order chi connectivity index (χ0) is 11.4. The predicted octanol–water partition coefficient (Wildman–Crippen LogP) is -2.82. The van der Waals surface area contributed by atoms with Gasteiger partial charge in [0, 0.05) is 51.7 Å². The van der Waals surface area contributed by atoms with Gasteiger partial charge in [0.05, 0.1) is 6.04 Å². The van der Waals surface area contributed by atoms with Crippen molar-refractivity contribution in [1.82, 2.24) is 21.3 Å². The SMILES string of the molecule is OC(O)(CC1CNCCN1)C1CNCCN1. The second-order valence-electron chi connectivity index (χ2n) is 4.65. The summed E-state index contributed by atoms with van der Waals surface area (Å²) >= 11 is 0. The molecule has 6 N–H and O–H groups in total. The van der Waals surface area contributed by atoms with E-state index in [0.29, 0.717) is 13.0 Å². The minimum absolute atomic E-state index is 0.132. The molecule has 2 saturated heterocycles. The molecule has 0 aromatic rings. The molecule has 0 spiro atoms. The fourth-order valence-electron chi connectivity index (χ4n) is 2.34. The molecule has 0 aromatic heterocycles. The fourth-order valence-corrected chi connectivity index (χ4v) is 2.34. The van der Waals surface area contributed by atoms with Crippen LogP contribution in [0.3, 0.4) is 0 Å². The zero-order valence-corrected chi connectivity index (χ0v) is 9.50. The van der Waals surface area contributed by atoms with Gasteiger partial charge in [-0.2, -0.15) is 0 Å². The molecule has 0 amide bonds. The molecule has 2 unspecified atom stereocenters. The highest BCUT2D eigenvalue weighted by Crippen LogP contribution is 2.15. The second-order valence-corrected chi connectivity index (χ2v) is 4.65. The third kappa shape index (κ3) is 3.13. The Morgan fingerprint density at radius 1 is 0.938 bits per heavy atom. The maximum absolute atomic E-state index is 10.1. The van der Waals surface area contributed by atoms with E-state index in [1.807, 2.05) is 0 Å². The minimum atomic E-state index is -1.65. The van der Waals surface area contributed by atoms with Crippen LogP contribution >= 0.6 is 0 Å². The van der Waals surface area contributed by atoms with E-state index in [2.05, 4.69) is 21.3 Å². The maximum Gasteiger partial charge on any atom is 0.181 e. The van der Waals surface area contributed by atoms with Crippen LogP contribution in [0.4, 0.5) is 0 Å². The third-order valence-electron chi connectivity index (χ3n) is 3.27. The van der Waals surface area contributed by atoms with Gasteiger partial charge in [-0.15, -0.1) is 0 Å². The molecule has 2 fully saturated rings. The Bertz CT molecular complexity index is 213. The van der Waals surface area contributed by atoms with Crippen LogP contribution in [0, 0.1) is 0 Å².